The molecular weight excluding hydrogens is 493 g/mol. The molecule has 0 amide bonds. The van der Waals surface area contributed by atoms with Gasteiger partial charge in [0.2, 0.25) is 5.95 Å². The number of hydrogen-bond donors (Lipinski definition) is 2. The number of H-pyrrole nitrogens is 1. The lowest BCUT2D eigenvalue weighted by Gasteiger charge is -2.30. The molecule has 1 unspecified atom stereocenters. The van der Waals surface area contributed by atoms with E-state index in [0.29, 0.717) is 10.9 Å². The summed E-state index contributed by atoms with van der Waals surface area (Å²) in [6, 6.07) is 17.7. The Balaban J connectivity index is 1.69. The molecule has 2 N–H and O–H groups in total. The average Bonchev–Trinajstić information content (AvgIpc) is 3.46. The van der Waals surface area contributed by atoms with Gasteiger partial charge in [0.15, 0.2) is 0 Å². The zero-order chi connectivity index (χ0) is 26.3. The molecule has 1 atom stereocenters. The van der Waals surface area contributed by atoms with E-state index in [1.165, 1.54) is 10.9 Å². The predicted octanol–water partition coefficient (Wildman–Crippen LogP) is 3.44. The Morgan fingerprint density at radius 3 is 2.27 bits per heavy atom. The van der Waals surface area contributed by atoms with Gasteiger partial charge in [0, 0.05) is 18.9 Å². The number of nitrogens with one attached hydrogen (secondary N) is 2. The zero-order valence-corrected chi connectivity index (χ0v) is 21.4. The van der Waals surface area contributed by atoms with Crippen LogP contribution in [0.3, 0.4) is 0 Å². The maximum Gasteiger partial charge on any atom is 0.361 e. The fourth-order valence-electron chi connectivity index (χ4n) is 4.01. The van der Waals surface area contributed by atoms with E-state index in [9.17, 15) is 14.2 Å². The summed E-state index contributed by atoms with van der Waals surface area (Å²) in [5.74, 6) is 0.272. The van der Waals surface area contributed by atoms with Crippen LogP contribution in [0.2, 0.25) is 0 Å². The first kappa shape index (κ1) is 26.2. The highest BCUT2D eigenvalue weighted by Gasteiger charge is 2.35. The molecule has 2 heterocycles. The van der Waals surface area contributed by atoms with Crippen LogP contribution >= 0.6 is 7.60 Å². The fourth-order valence-corrected chi connectivity index (χ4v) is 5.58. The molecule has 0 aliphatic carbocycles. The highest BCUT2D eigenvalue weighted by molar-refractivity contribution is 7.62. The lowest BCUT2D eigenvalue weighted by atomic mass is 9.75. The van der Waals surface area contributed by atoms with Crippen LogP contribution in [0.4, 0.5) is 5.69 Å². The van der Waals surface area contributed by atoms with Gasteiger partial charge >= 0.3 is 7.60 Å². The smallest absolute Gasteiger partial charge is 0.361 e. The van der Waals surface area contributed by atoms with Crippen LogP contribution in [0, 0.1) is 0 Å². The number of aromatic amines is 1. The lowest BCUT2D eigenvalue weighted by Crippen LogP contribution is -2.38. The number of nitrogens with zero attached hydrogens (tertiary/aromatic N) is 3. The largest absolute Gasteiger partial charge is 0.378 e. The van der Waals surface area contributed by atoms with Crippen LogP contribution in [0.15, 0.2) is 84.0 Å². The molecule has 192 valence electrons. The molecule has 2 aromatic heterocycles. The highest BCUT2D eigenvalue weighted by atomic mass is 31.2. The second-order valence-electron chi connectivity index (χ2n) is 8.09. The third-order valence-corrected chi connectivity index (χ3v) is 7.98. The molecule has 11 heteroatoms. The number of aldehydes is 1. The molecule has 2 aromatic carbocycles. The highest BCUT2D eigenvalue weighted by Crippen LogP contribution is 2.47. The number of hydrogen-bond acceptors (Lipinski definition) is 8. The molecule has 0 aliphatic heterocycles. The number of aromatic nitrogens is 4. The fraction of sp³-hybridized carbons (Fsp3) is 0.231. The van der Waals surface area contributed by atoms with Crippen LogP contribution in [0.1, 0.15) is 25.0 Å². The van der Waals surface area contributed by atoms with Crippen molar-refractivity contribution in [1.29, 1.82) is 0 Å². The van der Waals surface area contributed by atoms with E-state index in [-0.39, 0.29) is 31.4 Å². The van der Waals surface area contributed by atoms with Gasteiger partial charge in [-0.2, -0.15) is 5.10 Å². The second-order valence-corrected chi connectivity index (χ2v) is 10.1. The van der Waals surface area contributed by atoms with Crippen molar-refractivity contribution < 1.29 is 18.4 Å². The monoisotopic (exact) mass is 521 g/mol. The Kier molecular flexibility index (Phi) is 8.13. The third kappa shape index (κ3) is 5.46. The number of benzene rings is 2. The Labute approximate surface area is 214 Å². The van der Waals surface area contributed by atoms with Crippen molar-refractivity contribution in [3.63, 3.8) is 0 Å². The zero-order valence-electron chi connectivity index (χ0n) is 20.5. The van der Waals surface area contributed by atoms with Crippen molar-refractivity contribution in [1.82, 2.24) is 19.7 Å². The molecule has 0 radical (unpaired) electrons. The van der Waals surface area contributed by atoms with Crippen LogP contribution in [-0.4, -0.2) is 45.8 Å². The summed E-state index contributed by atoms with van der Waals surface area (Å²) in [6.45, 7) is 4.02. The first-order chi connectivity index (χ1) is 18.0. The van der Waals surface area contributed by atoms with Gasteiger partial charge in [-0.3, -0.25) is 14.3 Å². The molecule has 0 aliphatic rings. The van der Waals surface area contributed by atoms with E-state index in [0.717, 1.165) is 11.8 Å². The Morgan fingerprint density at radius 1 is 1.03 bits per heavy atom. The Bertz CT molecular complexity index is 1410. The standard InChI is InChI=1S/C26H28N5O5P/c1-3-35-37(34,36-4-2)22-13-11-21(12-14-22)26(19-32,20-9-6-5-7-10-20)18-28-23-17-27-25(30-24(23)33)31-16-8-15-29-31/h5-17,19,28H,3-4,18H2,1-2H3,(H,27,30,33). The van der Waals surface area contributed by atoms with Crippen LogP contribution in [0.5, 0.6) is 0 Å². The van der Waals surface area contributed by atoms with Gasteiger partial charge in [-0.1, -0.05) is 42.5 Å². The molecule has 0 bridgehead atoms. The lowest BCUT2D eigenvalue weighted by molar-refractivity contribution is -0.111. The Morgan fingerprint density at radius 2 is 1.70 bits per heavy atom. The molecule has 0 fully saturated rings. The number of carbonyl (C=O) groups excluding carboxylic acids is 1. The Hall–Kier alpha value is -3.85. The molecule has 4 rings (SSSR count). The SMILES string of the molecule is CCOP(=O)(OCC)c1ccc(C(C=O)(CNc2cnc(-n3cccn3)[nH]c2=O)c2ccccc2)cc1. The number of carbonyl (C=O) groups is 1. The van der Waals surface area contributed by atoms with Gasteiger partial charge < -0.3 is 19.2 Å². The van der Waals surface area contributed by atoms with Crippen molar-refractivity contribution >= 4 is 24.9 Å². The van der Waals surface area contributed by atoms with Crippen molar-refractivity contribution in [2.75, 3.05) is 25.1 Å². The molecule has 0 saturated carbocycles. The summed E-state index contributed by atoms with van der Waals surface area (Å²) in [7, 11) is -3.48. The molecule has 37 heavy (non-hydrogen) atoms. The van der Waals surface area contributed by atoms with Crippen molar-refractivity contribution in [3.05, 3.63) is 101 Å². The normalized spacial score (nSPS) is 13.1. The van der Waals surface area contributed by atoms with E-state index in [1.807, 2.05) is 30.3 Å². The quantitative estimate of drug-likeness (QED) is 0.214. The summed E-state index contributed by atoms with van der Waals surface area (Å²) >= 11 is 0. The van der Waals surface area contributed by atoms with Gasteiger partial charge in [-0.25, -0.2) is 9.67 Å². The second kappa shape index (κ2) is 11.5. The van der Waals surface area contributed by atoms with Crippen molar-refractivity contribution in [2.45, 2.75) is 19.3 Å². The first-order valence-electron chi connectivity index (χ1n) is 11.8. The van der Waals surface area contributed by atoms with E-state index in [4.69, 9.17) is 9.05 Å². The predicted molar refractivity (Wildman–Crippen MR) is 141 cm³/mol. The van der Waals surface area contributed by atoms with E-state index < -0.39 is 18.6 Å². The van der Waals surface area contributed by atoms with E-state index >= 15 is 0 Å². The third-order valence-electron chi connectivity index (χ3n) is 5.85. The number of rotatable bonds is 12. The van der Waals surface area contributed by atoms with Gasteiger partial charge in [0.25, 0.3) is 5.56 Å². The van der Waals surface area contributed by atoms with Gasteiger partial charge in [-0.05, 0) is 43.2 Å². The van der Waals surface area contributed by atoms with Gasteiger partial charge in [-0.15, -0.1) is 0 Å². The maximum atomic E-state index is 13.2. The van der Waals surface area contributed by atoms with Gasteiger partial charge in [0.05, 0.1) is 30.1 Å². The number of anilines is 1. The van der Waals surface area contributed by atoms with E-state index in [2.05, 4.69) is 20.4 Å². The average molecular weight is 522 g/mol. The molecule has 10 nitrogen and oxygen atoms in total. The maximum absolute atomic E-state index is 13.2. The van der Waals surface area contributed by atoms with E-state index in [1.54, 1.807) is 56.6 Å². The molecule has 4 aromatic rings. The first-order valence-corrected chi connectivity index (χ1v) is 13.4. The molecular formula is C26H28N5O5P. The molecule has 0 spiro atoms. The minimum absolute atomic E-state index is 0.0698. The summed E-state index contributed by atoms with van der Waals surface area (Å²) in [6.07, 6.45) is 5.49. The van der Waals surface area contributed by atoms with Gasteiger partial charge in [0.1, 0.15) is 12.0 Å². The van der Waals surface area contributed by atoms with Crippen molar-refractivity contribution in [3.8, 4) is 5.95 Å². The minimum Gasteiger partial charge on any atom is -0.378 e. The summed E-state index contributed by atoms with van der Waals surface area (Å²) in [5.41, 5.74) is 0.00118. The van der Waals surface area contributed by atoms with Crippen molar-refractivity contribution in [2.24, 2.45) is 0 Å². The molecule has 0 saturated heterocycles. The minimum atomic E-state index is -3.48. The van der Waals surface area contributed by atoms with Crippen LogP contribution in [-0.2, 0) is 23.8 Å². The topological polar surface area (TPSA) is 128 Å². The summed E-state index contributed by atoms with van der Waals surface area (Å²) in [5, 5.41) is 7.55. The van der Waals surface area contributed by atoms with Crippen LogP contribution in [0.25, 0.3) is 5.95 Å². The summed E-state index contributed by atoms with van der Waals surface area (Å²) < 4.78 is 25.5. The van der Waals surface area contributed by atoms with Crippen LogP contribution < -0.4 is 16.2 Å². The summed E-state index contributed by atoms with van der Waals surface area (Å²) in [4.78, 5) is 32.5.